The second kappa shape index (κ2) is 12.7. The number of carbonyl (C=O) groups excluding carboxylic acids is 2. The van der Waals surface area contributed by atoms with E-state index >= 15 is 0 Å². The summed E-state index contributed by atoms with van der Waals surface area (Å²) in [5.41, 5.74) is 3.94. The van der Waals surface area contributed by atoms with Gasteiger partial charge in [-0.3, -0.25) is 4.79 Å². The Labute approximate surface area is 251 Å². The van der Waals surface area contributed by atoms with E-state index < -0.39 is 23.4 Å². The minimum absolute atomic E-state index is 0.153. The van der Waals surface area contributed by atoms with Crippen molar-refractivity contribution in [3.8, 4) is 0 Å². The summed E-state index contributed by atoms with van der Waals surface area (Å²) in [6.45, 7) is 6.57. The Bertz CT molecular complexity index is 1640. The Balaban J connectivity index is 1.34. The zero-order valence-corrected chi connectivity index (χ0v) is 24.8. The molecular formula is C35H38N4O4. The molecule has 1 fully saturated rings. The maximum absolute atomic E-state index is 13.8. The largest absolute Gasteiger partial charge is 0.480 e. The zero-order valence-electron chi connectivity index (χ0n) is 24.8. The number of benzene rings is 4. The molecule has 1 saturated carbocycles. The van der Waals surface area contributed by atoms with E-state index in [-0.39, 0.29) is 11.6 Å². The molecule has 0 aliphatic heterocycles. The van der Waals surface area contributed by atoms with Crippen LogP contribution in [0.15, 0.2) is 78.9 Å². The molecule has 1 aliphatic carbocycles. The number of nitrogens with one attached hydrogen (secondary N) is 4. The van der Waals surface area contributed by atoms with Crippen LogP contribution in [-0.2, 0) is 11.3 Å². The first kappa shape index (κ1) is 29.8. The maximum Gasteiger partial charge on any atom is 0.329 e. The van der Waals surface area contributed by atoms with Crippen LogP contribution in [0, 0.1) is 20.8 Å². The van der Waals surface area contributed by atoms with Crippen molar-refractivity contribution in [3.05, 3.63) is 107 Å². The molecule has 5 N–H and O–H groups in total. The van der Waals surface area contributed by atoms with Crippen LogP contribution in [0.2, 0.25) is 0 Å². The van der Waals surface area contributed by atoms with Crippen molar-refractivity contribution in [2.45, 2.75) is 64.6 Å². The molecule has 0 radical (unpaired) electrons. The second-order valence-corrected chi connectivity index (χ2v) is 11.6. The lowest BCUT2D eigenvalue weighted by Crippen LogP contribution is -2.58. The van der Waals surface area contributed by atoms with E-state index in [1.165, 1.54) is 5.56 Å². The Morgan fingerprint density at radius 1 is 0.814 bits per heavy atom. The molecule has 0 spiro atoms. The molecule has 0 bridgehead atoms. The molecule has 8 heteroatoms. The number of urea groups is 1. The predicted molar refractivity (Wildman–Crippen MR) is 171 cm³/mol. The van der Waals surface area contributed by atoms with Gasteiger partial charge >= 0.3 is 12.0 Å². The van der Waals surface area contributed by atoms with Crippen LogP contribution in [0.4, 0.5) is 16.2 Å². The summed E-state index contributed by atoms with van der Waals surface area (Å²) >= 11 is 0. The van der Waals surface area contributed by atoms with Gasteiger partial charge in [-0.2, -0.15) is 0 Å². The molecule has 3 amide bonds. The number of anilines is 2. The fraction of sp³-hybridized carbons (Fsp3) is 0.286. The molecule has 0 heterocycles. The average Bonchev–Trinajstić information content (AvgIpc) is 2.98. The first-order valence-corrected chi connectivity index (χ1v) is 14.7. The van der Waals surface area contributed by atoms with Crippen molar-refractivity contribution in [1.82, 2.24) is 10.6 Å². The summed E-state index contributed by atoms with van der Waals surface area (Å²) in [4.78, 5) is 39.6. The molecular weight excluding hydrogens is 540 g/mol. The van der Waals surface area contributed by atoms with Crippen LogP contribution < -0.4 is 21.3 Å². The number of aryl methyl sites for hydroxylation is 3. The highest BCUT2D eigenvalue weighted by atomic mass is 16.4. The molecule has 0 unspecified atom stereocenters. The number of amides is 3. The maximum atomic E-state index is 13.8. The molecule has 0 saturated heterocycles. The number of carboxylic acids is 1. The van der Waals surface area contributed by atoms with E-state index in [4.69, 9.17) is 0 Å². The Hall–Kier alpha value is -4.69. The standard InChI is InChI=1S/C35H38N4O4/c1-22-17-23(2)31(24(3)18-22)38-34(43)37-30-20-27-12-8-7-11-26(27)19-29(30)32(40)39-35(33(41)42)15-13-28(14-16-35)36-21-25-9-5-4-6-10-25/h4-12,17-20,28,36H,13-16,21H2,1-3H3,(H,39,40)(H,41,42)(H2,37,38,43). The predicted octanol–water partition coefficient (Wildman–Crippen LogP) is 6.69. The average molecular weight is 579 g/mol. The van der Waals surface area contributed by atoms with Gasteiger partial charge in [0.25, 0.3) is 5.91 Å². The van der Waals surface area contributed by atoms with E-state index in [0.29, 0.717) is 43.6 Å². The number of carboxylic acid groups (broad SMARTS) is 1. The number of aliphatic carboxylic acids is 1. The molecule has 8 nitrogen and oxygen atoms in total. The molecule has 4 aromatic carbocycles. The van der Waals surface area contributed by atoms with Gasteiger partial charge in [0.05, 0.1) is 11.3 Å². The van der Waals surface area contributed by atoms with Gasteiger partial charge in [0.2, 0.25) is 0 Å². The summed E-state index contributed by atoms with van der Waals surface area (Å²) in [6.07, 6.45) is 1.81. The molecule has 5 rings (SSSR count). The highest BCUT2D eigenvalue weighted by molar-refractivity contribution is 6.10. The van der Waals surface area contributed by atoms with E-state index in [1.54, 1.807) is 12.1 Å². The van der Waals surface area contributed by atoms with Crippen LogP contribution in [0.5, 0.6) is 0 Å². The van der Waals surface area contributed by atoms with Crippen molar-refractivity contribution < 1.29 is 19.5 Å². The third kappa shape index (κ3) is 6.87. The number of carbonyl (C=O) groups is 3. The summed E-state index contributed by atoms with van der Waals surface area (Å²) in [7, 11) is 0. The number of hydrogen-bond donors (Lipinski definition) is 5. The van der Waals surface area contributed by atoms with E-state index in [0.717, 1.165) is 27.5 Å². The Morgan fingerprint density at radius 3 is 2.05 bits per heavy atom. The Kier molecular flexibility index (Phi) is 8.78. The van der Waals surface area contributed by atoms with E-state index in [1.807, 2.05) is 75.4 Å². The first-order chi connectivity index (χ1) is 20.6. The molecule has 43 heavy (non-hydrogen) atoms. The van der Waals surface area contributed by atoms with E-state index in [9.17, 15) is 19.5 Å². The highest BCUT2D eigenvalue weighted by Crippen LogP contribution is 2.32. The van der Waals surface area contributed by atoms with Crippen LogP contribution >= 0.6 is 0 Å². The van der Waals surface area contributed by atoms with Crippen molar-refractivity contribution in [2.75, 3.05) is 10.6 Å². The minimum Gasteiger partial charge on any atom is -0.480 e. The number of hydrogen-bond acceptors (Lipinski definition) is 4. The van der Waals surface area contributed by atoms with Gasteiger partial charge < -0.3 is 26.4 Å². The monoisotopic (exact) mass is 578 g/mol. The highest BCUT2D eigenvalue weighted by Gasteiger charge is 2.43. The van der Waals surface area contributed by atoms with Gasteiger partial charge in [-0.15, -0.1) is 0 Å². The van der Waals surface area contributed by atoms with Crippen LogP contribution in [0.25, 0.3) is 10.8 Å². The second-order valence-electron chi connectivity index (χ2n) is 11.6. The number of rotatable bonds is 8. The Morgan fingerprint density at radius 2 is 1.42 bits per heavy atom. The van der Waals surface area contributed by atoms with E-state index in [2.05, 4.69) is 33.4 Å². The normalized spacial score (nSPS) is 18.2. The smallest absolute Gasteiger partial charge is 0.329 e. The van der Waals surface area contributed by atoms with Gasteiger partial charge in [-0.05, 0) is 86.1 Å². The fourth-order valence-electron chi connectivity index (χ4n) is 6.03. The minimum atomic E-state index is -1.40. The lowest BCUT2D eigenvalue weighted by Gasteiger charge is -2.38. The van der Waals surface area contributed by atoms with Gasteiger partial charge in [0.15, 0.2) is 0 Å². The zero-order chi connectivity index (χ0) is 30.6. The summed E-state index contributed by atoms with van der Waals surface area (Å²) < 4.78 is 0. The quantitative estimate of drug-likeness (QED) is 0.160. The van der Waals surface area contributed by atoms with Crippen LogP contribution in [-0.4, -0.2) is 34.6 Å². The van der Waals surface area contributed by atoms with Gasteiger partial charge in [0, 0.05) is 18.3 Å². The van der Waals surface area contributed by atoms with Gasteiger partial charge in [-0.25, -0.2) is 9.59 Å². The molecule has 1 aliphatic rings. The van der Waals surface area contributed by atoms with Crippen LogP contribution in [0.1, 0.15) is 58.3 Å². The first-order valence-electron chi connectivity index (χ1n) is 14.7. The van der Waals surface area contributed by atoms with Crippen molar-refractivity contribution >= 4 is 40.1 Å². The molecule has 4 aromatic rings. The molecule has 0 atom stereocenters. The summed E-state index contributed by atoms with van der Waals surface area (Å²) in [5.74, 6) is -1.59. The lowest BCUT2D eigenvalue weighted by atomic mass is 9.79. The molecule has 0 aromatic heterocycles. The summed E-state index contributed by atoms with van der Waals surface area (Å²) in [5, 5.41) is 24.1. The lowest BCUT2D eigenvalue weighted by molar-refractivity contribution is -0.146. The third-order valence-electron chi connectivity index (χ3n) is 8.33. The van der Waals surface area contributed by atoms with Crippen molar-refractivity contribution in [2.24, 2.45) is 0 Å². The topological polar surface area (TPSA) is 120 Å². The van der Waals surface area contributed by atoms with Gasteiger partial charge in [0.1, 0.15) is 5.54 Å². The molecule has 222 valence electrons. The van der Waals surface area contributed by atoms with Crippen LogP contribution in [0.3, 0.4) is 0 Å². The van der Waals surface area contributed by atoms with Crippen molar-refractivity contribution in [3.63, 3.8) is 0 Å². The number of fused-ring (bicyclic) bond motifs is 1. The van der Waals surface area contributed by atoms with Gasteiger partial charge in [-0.1, -0.05) is 72.3 Å². The SMILES string of the molecule is Cc1cc(C)c(NC(=O)Nc2cc3ccccc3cc2C(=O)NC2(C(=O)O)CCC(NCc3ccccc3)CC2)c(C)c1. The summed E-state index contributed by atoms with van der Waals surface area (Å²) in [6, 6.07) is 24.7. The fourth-order valence-corrected chi connectivity index (χ4v) is 6.03. The van der Waals surface area contributed by atoms with Crippen molar-refractivity contribution in [1.29, 1.82) is 0 Å². The third-order valence-corrected chi connectivity index (χ3v) is 8.33.